The van der Waals surface area contributed by atoms with Crippen LogP contribution in [-0.2, 0) is 20.8 Å². The lowest BCUT2D eigenvalue weighted by Crippen LogP contribution is -2.39. The van der Waals surface area contributed by atoms with E-state index in [1.807, 2.05) is 6.07 Å². The minimum Gasteiger partial charge on any atom is -0.338 e. The van der Waals surface area contributed by atoms with Crippen LogP contribution in [0.5, 0.6) is 0 Å². The number of benzene rings is 1. The lowest BCUT2D eigenvalue weighted by molar-refractivity contribution is -0.137. The van der Waals surface area contributed by atoms with E-state index in [9.17, 15) is 26.4 Å². The molecule has 1 aliphatic carbocycles. The van der Waals surface area contributed by atoms with E-state index >= 15 is 0 Å². The zero-order valence-corrected chi connectivity index (χ0v) is 15.0. The maximum absolute atomic E-state index is 12.8. The van der Waals surface area contributed by atoms with Crippen molar-refractivity contribution in [3.05, 3.63) is 29.8 Å². The number of nitrogens with zero attached hydrogens (tertiary/aromatic N) is 1. The van der Waals surface area contributed by atoms with E-state index in [1.54, 1.807) is 0 Å². The molecule has 1 amide bonds. The van der Waals surface area contributed by atoms with Gasteiger partial charge in [-0.2, -0.15) is 18.4 Å². The predicted molar refractivity (Wildman–Crippen MR) is 89.2 cm³/mol. The smallest absolute Gasteiger partial charge is 0.338 e. The Balaban J connectivity index is 1.65. The summed E-state index contributed by atoms with van der Waals surface area (Å²) in [5.74, 6) is -0.344. The van der Waals surface area contributed by atoms with Crippen molar-refractivity contribution in [3.8, 4) is 6.07 Å². The maximum atomic E-state index is 12.8. The standard InChI is InChI=1S/C17H18F3N3O3S/c18-17(19,20)11-2-1-3-13(6-11)27(25,26)14-7-12(22-9-14)8-15(24)23-16(10-21)4-5-16/h1-3,6,12,14,22H,4-5,7-9H2,(H,23,24)/t12-,14-/m1/s1. The fraction of sp³-hybridized carbons (Fsp3) is 0.529. The molecule has 0 spiro atoms. The average Bonchev–Trinajstić information content (AvgIpc) is 3.21. The molecule has 0 radical (unpaired) electrons. The van der Waals surface area contributed by atoms with Gasteiger partial charge in [0, 0.05) is 19.0 Å². The molecule has 27 heavy (non-hydrogen) atoms. The Morgan fingerprint density at radius 2 is 2.07 bits per heavy atom. The van der Waals surface area contributed by atoms with Gasteiger partial charge >= 0.3 is 6.18 Å². The first-order valence-corrected chi connectivity index (χ1v) is 9.97. The SMILES string of the molecule is N#CC1(NC(=O)C[C@H]2C[C@@H](S(=O)(=O)c3cccc(C(F)(F)F)c3)CN2)CC1. The number of carbonyl (C=O) groups is 1. The number of hydrogen-bond acceptors (Lipinski definition) is 5. The van der Waals surface area contributed by atoms with Crippen LogP contribution < -0.4 is 10.6 Å². The molecule has 2 N–H and O–H groups in total. The third-order valence-electron chi connectivity index (χ3n) is 4.88. The van der Waals surface area contributed by atoms with Gasteiger partial charge in [0.25, 0.3) is 0 Å². The molecule has 0 aromatic heterocycles. The monoisotopic (exact) mass is 401 g/mol. The Labute approximate surface area is 154 Å². The van der Waals surface area contributed by atoms with E-state index < -0.39 is 38.4 Å². The first-order valence-electron chi connectivity index (χ1n) is 8.43. The Bertz CT molecular complexity index is 889. The minimum absolute atomic E-state index is 0.0119. The van der Waals surface area contributed by atoms with Crippen molar-refractivity contribution in [1.29, 1.82) is 5.26 Å². The van der Waals surface area contributed by atoms with Crippen molar-refractivity contribution < 1.29 is 26.4 Å². The van der Waals surface area contributed by atoms with Crippen LogP contribution in [0.4, 0.5) is 13.2 Å². The number of rotatable bonds is 5. The fourth-order valence-electron chi connectivity index (χ4n) is 3.15. The lowest BCUT2D eigenvalue weighted by atomic mass is 10.1. The van der Waals surface area contributed by atoms with Crippen LogP contribution in [0.15, 0.2) is 29.2 Å². The number of carbonyl (C=O) groups excluding carboxylic acids is 1. The highest BCUT2D eigenvalue weighted by atomic mass is 32.2. The molecule has 2 aliphatic rings. The summed E-state index contributed by atoms with van der Waals surface area (Å²) in [4.78, 5) is 11.6. The van der Waals surface area contributed by atoms with E-state index in [2.05, 4.69) is 10.6 Å². The predicted octanol–water partition coefficient (Wildman–Crippen LogP) is 1.77. The molecule has 1 aliphatic heterocycles. The van der Waals surface area contributed by atoms with E-state index in [0.29, 0.717) is 18.9 Å². The van der Waals surface area contributed by atoms with Gasteiger partial charge in [-0.05, 0) is 37.5 Å². The molecule has 146 valence electrons. The zero-order chi connectivity index (χ0) is 19.9. The van der Waals surface area contributed by atoms with Crippen LogP contribution in [0.25, 0.3) is 0 Å². The van der Waals surface area contributed by atoms with Crippen LogP contribution in [0.1, 0.15) is 31.2 Å². The number of amides is 1. The summed E-state index contributed by atoms with van der Waals surface area (Å²) in [6, 6.07) is 5.30. The minimum atomic E-state index is -4.63. The van der Waals surface area contributed by atoms with Gasteiger partial charge in [-0.3, -0.25) is 4.79 Å². The van der Waals surface area contributed by atoms with Crippen LogP contribution in [0.2, 0.25) is 0 Å². The van der Waals surface area contributed by atoms with E-state index in [1.165, 1.54) is 0 Å². The molecule has 1 saturated carbocycles. The summed E-state index contributed by atoms with van der Waals surface area (Å²) in [5.41, 5.74) is -1.81. The van der Waals surface area contributed by atoms with Gasteiger partial charge in [0.2, 0.25) is 5.91 Å². The van der Waals surface area contributed by atoms with Gasteiger partial charge in [-0.1, -0.05) is 6.07 Å². The molecule has 2 fully saturated rings. The van der Waals surface area contributed by atoms with Gasteiger partial charge in [-0.25, -0.2) is 8.42 Å². The number of sulfone groups is 1. The van der Waals surface area contributed by atoms with Crippen LogP contribution in [-0.4, -0.2) is 37.7 Å². The average molecular weight is 401 g/mol. The second kappa shape index (κ2) is 6.80. The molecular weight excluding hydrogens is 383 g/mol. The third-order valence-corrected chi connectivity index (χ3v) is 7.03. The summed E-state index contributed by atoms with van der Waals surface area (Å²) in [7, 11) is -3.96. The Kier molecular flexibility index (Phi) is 4.94. The number of nitrogens with one attached hydrogen (secondary N) is 2. The van der Waals surface area contributed by atoms with Crippen LogP contribution in [0.3, 0.4) is 0 Å². The van der Waals surface area contributed by atoms with E-state index in [-0.39, 0.29) is 30.2 Å². The largest absolute Gasteiger partial charge is 0.416 e. The highest BCUT2D eigenvalue weighted by Crippen LogP contribution is 2.35. The lowest BCUT2D eigenvalue weighted by Gasteiger charge is -2.14. The van der Waals surface area contributed by atoms with Crippen molar-refractivity contribution in [2.24, 2.45) is 0 Å². The highest BCUT2D eigenvalue weighted by molar-refractivity contribution is 7.92. The normalized spacial score (nSPS) is 24.2. The summed E-state index contributed by atoms with van der Waals surface area (Å²) >= 11 is 0. The van der Waals surface area contributed by atoms with Crippen molar-refractivity contribution in [3.63, 3.8) is 0 Å². The van der Waals surface area contributed by atoms with Crippen molar-refractivity contribution >= 4 is 15.7 Å². The van der Waals surface area contributed by atoms with Crippen LogP contribution >= 0.6 is 0 Å². The Morgan fingerprint density at radius 1 is 1.37 bits per heavy atom. The van der Waals surface area contributed by atoms with Gasteiger partial charge in [0.15, 0.2) is 9.84 Å². The topological polar surface area (TPSA) is 99.1 Å². The molecule has 1 aromatic rings. The fourth-order valence-corrected chi connectivity index (χ4v) is 4.89. The number of hydrogen-bond donors (Lipinski definition) is 2. The first-order chi connectivity index (χ1) is 12.6. The molecule has 0 bridgehead atoms. The second-order valence-electron chi connectivity index (χ2n) is 6.98. The van der Waals surface area contributed by atoms with Crippen LogP contribution in [0, 0.1) is 11.3 Å². The van der Waals surface area contributed by atoms with Crippen molar-refractivity contribution in [2.45, 2.75) is 53.6 Å². The summed E-state index contributed by atoms with van der Waals surface area (Å²) in [6.07, 6.45) is -3.30. The summed E-state index contributed by atoms with van der Waals surface area (Å²) < 4.78 is 63.9. The third kappa shape index (κ3) is 4.25. The molecule has 0 unspecified atom stereocenters. The van der Waals surface area contributed by atoms with Gasteiger partial charge in [-0.15, -0.1) is 0 Å². The summed E-state index contributed by atoms with van der Waals surface area (Å²) in [6.45, 7) is 0.0555. The molecule has 2 atom stereocenters. The van der Waals surface area contributed by atoms with Crippen molar-refractivity contribution in [1.82, 2.24) is 10.6 Å². The van der Waals surface area contributed by atoms with E-state index in [4.69, 9.17) is 5.26 Å². The van der Waals surface area contributed by atoms with Gasteiger partial charge in [0.05, 0.1) is 21.8 Å². The second-order valence-corrected chi connectivity index (χ2v) is 9.21. The molecule has 6 nitrogen and oxygen atoms in total. The highest BCUT2D eigenvalue weighted by Gasteiger charge is 2.45. The number of halogens is 3. The van der Waals surface area contributed by atoms with Crippen molar-refractivity contribution in [2.75, 3.05) is 6.54 Å². The number of alkyl halides is 3. The van der Waals surface area contributed by atoms with Gasteiger partial charge < -0.3 is 10.6 Å². The maximum Gasteiger partial charge on any atom is 0.416 e. The number of nitriles is 1. The first kappa shape index (κ1) is 19.6. The molecule has 1 heterocycles. The summed E-state index contributed by atoms with van der Waals surface area (Å²) in [5, 5.41) is 13.6. The molecular formula is C17H18F3N3O3S. The molecule has 1 aromatic carbocycles. The van der Waals surface area contributed by atoms with E-state index in [0.717, 1.165) is 18.2 Å². The molecule has 10 heteroatoms. The Hall–Kier alpha value is -2.12. The molecule has 1 saturated heterocycles. The molecule has 3 rings (SSSR count). The quantitative estimate of drug-likeness (QED) is 0.784. The zero-order valence-electron chi connectivity index (χ0n) is 14.2. The Morgan fingerprint density at radius 3 is 2.67 bits per heavy atom. The van der Waals surface area contributed by atoms with Gasteiger partial charge in [0.1, 0.15) is 5.54 Å².